The monoisotopic (exact) mass is 237 g/mol. The van der Waals surface area contributed by atoms with Gasteiger partial charge in [-0.15, -0.1) is 0 Å². The Hall–Kier alpha value is -0.120. The summed E-state index contributed by atoms with van der Waals surface area (Å²) in [5, 5.41) is 3.38. The maximum Gasteiger partial charge on any atom is 0.0346 e. The summed E-state index contributed by atoms with van der Waals surface area (Å²) >= 11 is 0. The summed E-state index contributed by atoms with van der Waals surface area (Å²) < 4.78 is 0. The first-order valence-corrected chi connectivity index (χ1v) is 7.55. The largest absolute Gasteiger partial charge is 0.314 e. The molecule has 1 saturated carbocycles. The predicted octanol–water partition coefficient (Wildman–Crippen LogP) is 1.15. The third kappa shape index (κ3) is 2.51. The average molecular weight is 237 g/mol. The van der Waals surface area contributed by atoms with Crippen LogP contribution in [-0.2, 0) is 0 Å². The Morgan fingerprint density at radius 3 is 2.06 bits per heavy atom. The van der Waals surface area contributed by atoms with E-state index in [0.717, 1.165) is 18.0 Å². The van der Waals surface area contributed by atoms with Gasteiger partial charge < -0.3 is 5.32 Å². The van der Waals surface area contributed by atoms with Crippen LogP contribution in [-0.4, -0.2) is 61.2 Å². The highest BCUT2D eigenvalue weighted by molar-refractivity contribution is 4.90. The average Bonchev–Trinajstić information content (AvgIpc) is 2.76. The summed E-state index contributed by atoms with van der Waals surface area (Å²) in [5.74, 6) is 1.02. The Bertz CT molecular complexity index is 244. The maximum atomic E-state index is 3.38. The number of rotatable bonds is 3. The number of hydrogen-bond donors (Lipinski definition) is 1. The van der Waals surface area contributed by atoms with Crippen LogP contribution in [0.5, 0.6) is 0 Å². The van der Waals surface area contributed by atoms with Gasteiger partial charge in [0.2, 0.25) is 0 Å². The summed E-state index contributed by atoms with van der Waals surface area (Å²) in [6.45, 7) is 10.0. The van der Waals surface area contributed by atoms with Gasteiger partial charge in [-0.05, 0) is 25.2 Å². The van der Waals surface area contributed by atoms with Crippen LogP contribution in [0, 0.1) is 5.92 Å². The molecule has 0 spiro atoms. The minimum atomic E-state index is 0.851. The number of nitrogens with zero attached hydrogens (tertiary/aromatic N) is 2. The quantitative estimate of drug-likeness (QED) is 0.794. The second kappa shape index (κ2) is 5.25. The Balaban J connectivity index is 1.45. The molecule has 3 heteroatoms. The maximum absolute atomic E-state index is 3.38. The van der Waals surface area contributed by atoms with Crippen molar-refractivity contribution in [3.05, 3.63) is 0 Å². The molecular weight excluding hydrogens is 210 g/mol. The summed E-state index contributed by atoms with van der Waals surface area (Å²) in [4.78, 5) is 5.47. The lowest BCUT2D eigenvalue weighted by molar-refractivity contribution is 0.0520. The van der Waals surface area contributed by atoms with Crippen molar-refractivity contribution in [1.29, 1.82) is 0 Å². The van der Waals surface area contributed by atoms with Crippen molar-refractivity contribution in [2.75, 3.05) is 39.3 Å². The van der Waals surface area contributed by atoms with E-state index in [0.29, 0.717) is 0 Å². The molecule has 3 aliphatic rings. The van der Waals surface area contributed by atoms with E-state index in [4.69, 9.17) is 0 Å². The van der Waals surface area contributed by atoms with Gasteiger partial charge in [0, 0.05) is 51.4 Å². The van der Waals surface area contributed by atoms with Gasteiger partial charge in [-0.3, -0.25) is 9.80 Å². The molecular formula is C14H27N3. The van der Waals surface area contributed by atoms with Gasteiger partial charge in [0.15, 0.2) is 0 Å². The Labute approximate surface area is 106 Å². The van der Waals surface area contributed by atoms with E-state index >= 15 is 0 Å². The van der Waals surface area contributed by atoms with E-state index in [1.165, 1.54) is 65.0 Å². The van der Waals surface area contributed by atoms with Crippen molar-refractivity contribution in [3.63, 3.8) is 0 Å². The molecule has 2 heterocycles. The van der Waals surface area contributed by atoms with Crippen LogP contribution in [0.15, 0.2) is 0 Å². The van der Waals surface area contributed by atoms with Crippen molar-refractivity contribution in [2.45, 2.75) is 44.7 Å². The van der Waals surface area contributed by atoms with Gasteiger partial charge in [0.25, 0.3) is 0 Å². The van der Waals surface area contributed by atoms with Crippen molar-refractivity contribution < 1.29 is 0 Å². The molecule has 3 nitrogen and oxygen atoms in total. The topological polar surface area (TPSA) is 18.5 Å². The van der Waals surface area contributed by atoms with E-state index in [1.54, 1.807) is 0 Å². The fourth-order valence-electron chi connectivity index (χ4n) is 3.75. The molecule has 98 valence electrons. The molecule has 0 radical (unpaired) electrons. The lowest BCUT2D eigenvalue weighted by Gasteiger charge is -2.44. The van der Waals surface area contributed by atoms with E-state index in [1.807, 2.05) is 0 Å². The molecule has 3 rings (SSSR count). The summed E-state index contributed by atoms with van der Waals surface area (Å²) in [6.07, 6.45) is 5.81. The summed E-state index contributed by atoms with van der Waals surface area (Å²) in [5.41, 5.74) is 0. The fraction of sp³-hybridized carbons (Fsp3) is 1.00. The Kier molecular flexibility index (Phi) is 3.69. The van der Waals surface area contributed by atoms with Gasteiger partial charge >= 0.3 is 0 Å². The van der Waals surface area contributed by atoms with Crippen molar-refractivity contribution in [1.82, 2.24) is 15.1 Å². The first-order chi connectivity index (χ1) is 8.36. The van der Waals surface area contributed by atoms with Crippen LogP contribution < -0.4 is 5.32 Å². The first kappa shape index (κ1) is 11.9. The molecule has 0 bridgehead atoms. The lowest BCUT2D eigenvalue weighted by atomic mass is 10.0. The van der Waals surface area contributed by atoms with Gasteiger partial charge in [-0.2, -0.15) is 0 Å². The zero-order valence-corrected chi connectivity index (χ0v) is 11.2. The number of piperazine rings is 1. The van der Waals surface area contributed by atoms with E-state index in [-0.39, 0.29) is 0 Å². The van der Waals surface area contributed by atoms with Gasteiger partial charge in [-0.1, -0.05) is 13.3 Å². The van der Waals surface area contributed by atoms with E-state index in [2.05, 4.69) is 22.0 Å². The van der Waals surface area contributed by atoms with Crippen LogP contribution in [0.4, 0.5) is 0 Å². The van der Waals surface area contributed by atoms with Crippen LogP contribution in [0.2, 0.25) is 0 Å². The van der Waals surface area contributed by atoms with E-state index in [9.17, 15) is 0 Å². The summed E-state index contributed by atoms with van der Waals surface area (Å²) in [7, 11) is 0. The highest BCUT2D eigenvalue weighted by atomic mass is 15.3. The smallest absolute Gasteiger partial charge is 0.0346 e. The SMILES string of the molecule is CCC1CCC(N2CCN(C3CNC3)CC2)C1. The molecule has 2 unspecified atom stereocenters. The Morgan fingerprint density at radius 2 is 1.59 bits per heavy atom. The van der Waals surface area contributed by atoms with Crippen LogP contribution in [0.1, 0.15) is 32.6 Å². The van der Waals surface area contributed by atoms with Gasteiger partial charge in [-0.25, -0.2) is 0 Å². The minimum absolute atomic E-state index is 0.851. The second-order valence-electron chi connectivity index (χ2n) is 6.13. The molecule has 0 aromatic rings. The van der Waals surface area contributed by atoms with Crippen molar-refractivity contribution in [2.24, 2.45) is 5.92 Å². The normalized spacial score (nSPS) is 37.2. The van der Waals surface area contributed by atoms with E-state index < -0.39 is 0 Å². The third-order valence-electron chi connectivity index (χ3n) is 5.23. The zero-order chi connectivity index (χ0) is 11.7. The van der Waals surface area contributed by atoms with Gasteiger partial charge in [0.1, 0.15) is 0 Å². The fourth-order valence-corrected chi connectivity index (χ4v) is 3.75. The molecule has 17 heavy (non-hydrogen) atoms. The zero-order valence-electron chi connectivity index (χ0n) is 11.2. The molecule has 2 aliphatic heterocycles. The molecule has 2 saturated heterocycles. The number of hydrogen-bond acceptors (Lipinski definition) is 3. The molecule has 3 fully saturated rings. The predicted molar refractivity (Wildman–Crippen MR) is 71.2 cm³/mol. The standard InChI is InChI=1S/C14H27N3/c1-2-12-3-4-13(9-12)16-5-7-17(8-6-16)14-10-15-11-14/h12-15H,2-11H2,1H3. The van der Waals surface area contributed by atoms with Crippen LogP contribution in [0.25, 0.3) is 0 Å². The lowest BCUT2D eigenvalue weighted by Crippen LogP contribution is -2.62. The molecule has 0 amide bonds. The summed E-state index contributed by atoms with van der Waals surface area (Å²) in [6, 6.07) is 1.77. The molecule has 0 aromatic carbocycles. The van der Waals surface area contributed by atoms with Gasteiger partial charge in [0.05, 0.1) is 0 Å². The second-order valence-corrected chi connectivity index (χ2v) is 6.13. The van der Waals surface area contributed by atoms with Crippen molar-refractivity contribution in [3.8, 4) is 0 Å². The third-order valence-corrected chi connectivity index (χ3v) is 5.23. The van der Waals surface area contributed by atoms with Crippen LogP contribution in [0.3, 0.4) is 0 Å². The van der Waals surface area contributed by atoms with Crippen LogP contribution >= 0.6 is 0 Å². The van der Waals surface area contributed by atoms with Crippen molar-refractivity contribution >= 4 is 0 Å². The highest BCUT2D eigenvalue weighted by Crippen LogP contribution is 2.31. The highest BCUT2D eigenvalue weighted by Gasteiger charge is 2.33. The molecule has 1 aliphatic carbocycles. The molecule has 2 atom stereocenters. The number of nitrogens with one attached hydrogen (secondary N) is 1. The molecule has 0 aromatic heterocycles. The molecule has 1 N–H and O–H groups in total. The minimum Gasteiger partial charge on any atom is -0.314 e. The first-order valence-electron chi connectivity index (χ1n) is 7.55. The Morgan fingerprint density at radius 1 is 0.941 bits per heavy atom.